The molecule has 2 heterocycles. The minimum atomic E-state index is -0.0922. The smallest absolute Gasteiger partial charge is 0.261 e. The van der Waals surface area contributed by atoms with E-state index < -0.39 is 0 Å². The lowest BCUT2D eigenvalue weighted by Crippen LogP contribution is -2.21. The molecule has 126 valence electrons. The van der Waals surface area contributed by atoms with Gasteiger partial charge in [-0.05, 0) is 30.7 Å². The molecule has 6 nitrogen and oxygen atoms in total. The van der Waals surface area contributed by atoms with Crippen molar-refractivity contribution in [1.29, 1.82) is 0 Å². The van der Waals surface area contributed by atoms with E-state index in [9.17, 15) is 4.79 Å². The largest absolute Gasteiger partial charge is 0.493 e. The Morgan fingerprint density at radius 1 is 1.25 bits per heavy atom. The third kappa shape index (κ3) is 2.94. The number of fused-ring (bicyclic) bond motifs is 1. The monoisotopic (exact) mass is 345 g/mol. The fourth-order valence-electron chi connectivity index (χ4n) is 2.58. The zero-order valence-electron chi connectivity index (χ0n) is 14.0. The molecule has 0 saturated heterocycles. The molecule has 0 saturated carbocycles. The van der Waals surface area contributed by atoms with Crippen molar-refractivity contribution < 1.29 is 14.3 Å². The first kappa shape index (κ1) is 16.3. The number of nitrogens with zero attached hydrogens (tertiary/aromatic N) is 2. The number of aromatic nitrogens is 2. The SMILES string of the molecule is COc1ccc(CNC(=O)c2cc3c(C)nn(C)c3s2)cc1OC. The maximum atomic E-state index is 12.4. The summed E-state index contributed by atoms with van der Waals surface area (Å²) in [4.78, 5) is 14.1. The van der Waals surface area contributed by atoms with Crippen LogP contribution in [0.3, 0.4) is 0 Å². The minimum absolute atomic E-state index is 0.0922. The minimum Gasteiger partial charge on any atom is -0.493 e. The van der Waals surface area contributed by atoms with Crippen LogP contribution in [-0.4, -0.2) is 29.9 Å². The highest BCUT2D eigenvalue weighted by Gasteiger charge is 2.15. The van der Waals surface area contributed by atoms with Crippen LogP contribution >= 0.6 is 11.3 Å². The Morgan fingerprint density at radius 2 is 2.00 bits per heavy atom. The molecule has 0 aliphatic rings. The van der Waals surface area contributed by atoms with E-state index in [1.54, 1.807) is 18.9 Å². The highest BCUT2D eigenvalue weighted by atomic mass is 32.1. The molecule has 0 aliphatic heterocycles. The number of carbonyl (C=O) groups is 1. The lowest BCUT2D eigenvalue weighted by molar-refractivity contribution is 0.0955. The number of carbonyl (C=O) groups excluding carboxylic acids is 1. The molecule has 0 fully saturated rings. The standard InChI is InChI=1S/C17H19N3O3S/c1-10-12-8-15(24-17(12)20(2)19-10)16(21)18-9-11-5-6-13(22-3)14(7-11)23-4/h5-8H,9H2,1-4H3,(H,18,21). The van der Waals surface area contributed by atoms with Crippen LogP contribution in [0.25, 0.3) is 10.2 Å². The highest BCUT2D eigenvalue weighted by molar-refractivity contribution is 7.20. The third-order valence-corrected chi connectivity index (χ3v) is 5.02. The second kappa shape index (κ2) is 6.52. The Kier molecular flexibility index (Phi) is 4.44. The fraction of sp³-hybridized carbons (Fsp3) is 0.294. The maximum Gasteiger partial charge on any atom is 0.261 e. The molecule has 0 bridgehead atoms. The molecule has 0 radical (unpaired) electrons. The number of hydrogen-bond donors (Lipinski definition) is 1. The normalized spacial score (nSPS) is 10.8. The number of amides is 1. The van der Waals surface area contributed by atoms with E-state index in [1.165, 1.54) is 11.3 Å². The maximum absolute atomic E-state index is 12.4. The van der Waals surface area contributed by atoms with Gasteiger partial charge in [0.15, 0.2) is 11.5 Å². The van der Waals surface area contributed by atoms with Gasteiger partial charge >= 0.3 is 0 Å². The van der Waals surface area contributed by atoms with Crippen molar-refractivity contribution in [3.8, 4) is 11.5 Å². The van der Waals surface area contributed by atoms with Gasteiger partial charge in [0.1, 0.15) is 4.83 Å². The lowest BCUT2D eigenvalue weighted by atomic mass is 10.2. The molecule has 0 atom stereocenters. The first-order valence-electron chi connectivity index (χ1n) is 7.45. The number of hydrogen-bond acceptors (Lipinski definition) is 5. The molecule has 1 N–H and O–H groups in total. The molecule has 24 heavy (non-hydrogen) atoms. The molecule has 3 aromatic rings. The Hall–Kier alpha value is -2.54. The van der Waals surface area contributed by atoms with Gasteiger partial charge in [0, 0.05) is 19.0 Å². The number of nitrogens with one attached hydrogen (secondary N) is 1. The van der Waals surface area contributed by atoms with Crippen molar-refractivity contribution in [2.45, 2.75) is 13.5 Å². The second-order valence-corrected chi connectivity index (χ2v) is 6.44. The molecule has 0 aliphatic carbocycles. The van der Waals surface area contributed by atoms with Crippen LogP contribution in [0.2, 0.25) is 0 Å². The van der Waals surface area contributed by atoms with Crippen LogP contribution in [0, 0.1) is 6.92 Å². The van der Waals surface area contributed by atoms with Crippen molar-refractivity contribution in [1.82, 2.24) is 15.1 Å². The molecular weight excluding hydrogens is 326 g/mol. The van der Waals surface area contributed by atoms with Gasteiger partial charge in [-0.15, -0.1) is 11.3 Å². The second-order valence-electron chi connectivity index (χ2n) is 5.41. The predicted molar refractivity (Wildman–Crippen MR) is 94.0 cm³/mol. The van der Waals surface area contributed by atoms with E-state index in [1.807, 2.05) is 38.2 Å². The summed E-state index contributed by atoms with van der Waals surface area (Å²) in [5, 5.41) is 8.32. The number of aryl methyl sites for hydroxylation is 2. The summed E-state index contributed by atoms with van der Waals surface area (Å²) in [6, 6.07) is 7.49. The molecule has 2 aromatic heterocycles. The quantitative estimate of drug-likeness (QED) is 0.772. The summed E-state index contributed by atoms with van der Waals surface area (Å²) >= 11 is 1.45. The lowest BCUT2D eigenvalue weighted by Gasteiger charge is -2.10. The number of thiophene rings is 1. The Labute approximate surface area is 144 Å². The summed E-state index contributed by atoms with van der Waals surface area (Å²) in [6.45, 7) is 2.37. The first-order chi connectivity index (χ1) is 11.5. The van der Waals surface area contributed by atoms with Crippen LogP contribution in [0.5, 0.6) is 11.5 Å². The van der Waals surface area contributed by atoms with E-state index in [4.69, 9.17) is 9.47 Å². The van der Waals surface area contributed by atoms with Gasteiger partial charge in [-0.3, -0.25) is 9.48 Å². The van der Waals surface area contributed by atoms with Gasteiger partial charge in [0.25, 0.3) is 5.91 Å². The Morgan fingerprint density at radius 3 is 2.67 bits per heavy atom. The summed E-state index contributed by atoms with van der Waals surface area (Å²) in [7, 11) is 5.07. The van der Waals surface area contributed by atoms with Gasteiger partial charge < -0.3 is 14.8 Å². The molecule has 7 heteroatoms. The molecule has 0 spiro atoms. The van der Waals surface area contributed by atoms with Crippen LogP contribution in [0.1, 0.15) is 20.9 Å². The zero-order valence-corrected chi connectivity index (χ0v) is 14.9. The molecular formula is C17H19N3O3S. The summed E-state index contributed by atoms with van der Waals surface area (Å²) in [6.07, 6.45) is 0. The fourth-order valence-corrected chi connectivity index (χ4v) is 3.62. The zero-order chi connectivity index (χ0) is 17.3. The number of rotatable bonds is 5. The van der Waals surface area contributed by atoms with Crippen molar-refractivity contribution >= 4 is 27.5 Å². The van der Waals surface area contributed by atoms with Crippen LogP contribution in [-0.2, 0) is 13.6 Å². The average molecular weight is 345 g/mol. The van der Waals surface area contributed by atoms with Crippen LogP contribution in [0.4, 0.5) is 0 Å². The van der Waals surface area contributed by atoms with E-state index in [0.29, 0.717) is 22.9 Å². The summed E-state index contributed by atoms with van der Waals surface area (Å²) in [5.74, 6) is 1.22. The predicted octanol–water partition coefficient (Wildman–Crippen LogP) is 2.89. The molecule has 1 amide bonds. The van der Waals surface area contributed by atoms with E-state index in [-0.39, 0.29) is 5.91 Å². The molecule has 3 rings (SSSR count). The van der Waals surface area contributed by atoms with Crippen molar-refractivity contribution in [3.05, 3.63) is 40.4 Å². The van der Waals surface area contributed by atoms with Gasteiger partial charge in [0.2, 0.25) is 0 Å². The number of methoxy groups -OCH3 is 2. The van der Waals surface area contributed by atoms with Crippen LogP contribution < -0.4 is 14.8 Å². The summed E-state index contributed by atoms with van der Waals surface area (Å²) in [5.41, 5.74) is 1.88. The van der Waals surface area contributed by atoms with E-state index in [2.05, 4.69) is 10.4 Å². The Balaban J connectivity index is 1.73. The van der Waals surface area contributed by atoms with Crippen LogP contribution in [0.15, 0.2) is 24.3 Å². The van der Waals surface area contributed by atoms with Crippen molar-refractivity contribution in [3.63, 3.8) is 0 Å². The number of ether oxygens (including phenoxy) is 2. The number of benzene rings is 1. The first-order valence-corrected chi connectivity index (χ1v) is 8.27. The Bertz CT molecular complexity index is 864. The van der Waals surface area contributed by atoms with Gasteiger partial charge in [-0.1, -0.05) is 6.07 Å². The molecule has 0 unspecified atom stereocenters. The van der Waals surface area contributed by atoms with E-state index >= 15 is 0 Å². The third-order valence-electron chi connectivity index (χ3n) is 3.82. The average Bonchev–Trinajstić information content (AvgIpc) is 3.14. The van der Waals surface area contributed by atoms with Crippen molar-refractivity contribution in [2.75, 3.05) is 14.2 Å². The van der Waals surface area contributed by atoms with Crippen molar-refractivity contribution in [2.24, 2.45) is 7.05 Å². The van der Waals surface area contributed by atoms with Gasteiger partial charge in [0.05, 0.1) is 24.8 Å². The van der Waals surface area contributed by atoms with Gasteiger partial charge in [-0.25, -0.2) is 0 Å². The van der Waals surface area contributed by atoms with E-state index in [0.717, 1.165) is 21.5 Å². The summed E-state index contributed by atoms with van der Waals surface area (Å²) < 4.78 is 12.3. The van der Waals surface area contributed by atoms with Gasteiger partial charge in [-0.2, -0.15) is 5.10 Å². The highest BCUT2D eigenvalue weighted by Crippen LogP contribution is 2.29. The topological polar surface area (TPSA) is 65.4 Å². The molecule has 1 aromatic carbocycles.